The van der Waals surface area contributed by atoms with Gasteiger partial charge < -0.3 is 4.90 Å². The van der Waals surface area contributed by atoms with Gasteiger partial charge in [0, 0.05) is 30.7 Å². The van der Waals surface area contributed by atoms with E-state index in [0.717, 1.165) is 33.4 Å². The number of rotatable bonds is 5. The Kier molecular flexibility index (Phi) is 4.97. The van der Waals surface area contributed by atoms with Crippen LogP contribution in [0, 0.1) is 0 Å². The minimum atomic E-state index is 0.471. The number of benzene rings is 3. The van der Waals surface area contributed by atoms with E-state index in [1.54, 1.807) is 6.21 Å². The van der Waals surface area contributed by atoms with E-state index in [9.17, 15) is 0 Å². The second-order valence-corrected chi connectivity index (χ2v) is 6.63. The molecule has 4 aromatic rings. The van der Waals surface area contributed by atoms with Crippen LogP contribution in [0.5, 0.6) is 0 Å². The SMILES string of the molecule is CN(C)c1ccc(C=NNc2nc(-c3ccccc3)c3ccccc3n2)cc1. The lowest BCUT2D eigenvalue weighted by molar-refractivity contribution is 1.13. The molecule has 0 radical (unpaired) electrons. The molecule has 5 nitrogen and oxygen atoms in total. The average molecular weight is 367 g/mol. The Morgan fingerprint density at radius 3 is 2.29 bits per heavy atom. The molecule has 0 atom stereocenters. The van der Waals surface area contributed by atoms with Gasteiger partial charge in [-0.1, -0.05) is 60.7 Å². The normalized spacial score (nSPS) is 11.1. The molecule has 1 N–H and O–H groups in total. The smallest absolute Gasteiger partial charge is 0.244 e. The van der Waals surface area contributed by atoms with E-state index in [-0.39, 0.29) is 0 Å². The molecule has 0 aliphatic carbocycles. The maximum atomic E-state index is 4.70. The highest BCUT2D eigenvalue weighted by molar-refractivity contribution is 5.93. The van der Waals surface area contributed by atoms with Crippen LogP contribution in [0.3, 0.4) is 0 Å². The third kappa shape index (κ3) is 3.83. The predicted octanol–water partition coefficient (Wildman–Crippen LogP) is 4.81. The van der Waals surface area contributed by atoms with Crippen molar-refractivity contribution in [3.8, 4) is 11.3 Å². The fourth-order valence-corrected chi connectivity index (χ4v) is 2.97. The molecule has 0 spiro atoms. The van der Waals surface area contributed by atoms with Gasteiger partial charge in [0.1, 0.15) is 0 Å². The van der Waals surface area contributed by atoms with E-state index in [1.807, 2.05) is 80.8 Å². The molecule has 0 fully saturated rings. The third-order valence-electron chi connectivity index (χ3n) is 4.44. The highest BCUT2D eigenvalue weighted by Crippen LogP contribution is 2.26. The lowest BCUT2D eigenvalue weighted by Crippen LogP contribution is -2.08. The number of hydrogen-bond acceptors (Lipinski definition) is 5. The second-order valence-electron chi connectivity index (χ2n) is 6.63. The first kappa shape index (κ1) is 17.7. The summed E-state index contributed by atoms with van der Waals surface area (Å²) in [7, 11) is 4.04. The summed E-state index contributed by atoms with van der Waals surface area (Å²) in [5, 5.41) is 5.33. The fourth-order valence-electron chi connectivity index (χ4n) is 2.97. The minimum absolute atomic E-state index is 0.471. The summed E-state index contributed by atoms with van der Waals surface area (Å²) in [4.78, 5) is 11.3. The molecule has 0 aliphatic rings. The molecule has 28 heavy (non-hydrogen) atoms. The number of nitrogens with zero attached hydrogens (tertiary/aromatic N) is 4. The Balaban J connectivity index is 1.62. The van der Waals surface area contributed by atoms with Crippen molar-refractivity contribution < 1.29 is 0 Å². The van der Waals surface area contributed by atoms with Crippen LogP contribution >= 0.6 is 0 Å². The first-order valence-corrected chi connectivity index (χ1v) is 9.09. The topological polar surface area (TPSA) is 53.4 Å². The number of aromatic nitrogens is 2. The Morgan fingerprint density at radius 2 is 1.54 bits per heavy atom. The Hall–Kier alpha value is -3.73. The van der Waals surface area contributed by atoms with E-state index in [1.165, 1.54) is 0 Å². The quantitative estimate of drug-likeness (QED) is 0.406. The van der Waals surface area contributed by atoms with E-state index in [4.69, 9.17) is 4.98 Å². The van der Waals surface area contributed by atoms with Crippen molar-refractivity contribution in [2.75, 3.05) is 24.4 Å². The highest BCUT2D eigenvalue weighted by atomic mass is 15.3. The molecule has 138 valence electrons. The molecule has 0 saturated heterocycles. The van der Waals surface area contributed by atoms with Crippen LogP contribution in [0.2, 0.25) is 0 Å². The summed E-state index contributed by atoms with van der Waals surface area (Å²) in [5.41, 5.74) is 7.94. The number of hydrogen-bond donors (Lipinski definition) is 1. The van der Waals surface area contributed by atoms with Crippen molar-refractivity contribution >= 4 is 28.8 Å². The van der Waals surface area contributed by atoms with Gasteiger partial charge in [-0.25, -0.2) is 15.4 Å². The summed E-state index contributed by atoms with van der Waals surface area (Å²) in [6.45, 7) is 0. The molecule has 1 heterocycles. The van der Waals surface area contributed by atoms with Gasteiger partial charge in [0.25, 0.3) is 0 Å². The number of fused-ring (bicyclic) bond motifs is 1. The van der Waals surface area contributed by atoms with Crippen LogP contribution in [0.4, 0.5) is 11.6 Å². The molecule has 0 amide bonds. The van der Waals surface area contributed by atoms with Crippen LogP contribution in [0.1, 0.15) is 5.56 Å². The van der Waals surface area contributed by atoms with Gasteiger partial charge in [-0.05, 0) is 23.8 Å². The molecule has 0 aliphatic heterocycles. The molecule has 0 bridgehead atoms. The van der Waals surface area contributed by atoms with Gasteiger partial charge in [0.2, 0.25) is 5.95 Å². The van der Waals surface area contributed by atoms with Crippen LogP contribution in [-0.4, -0.2) is 30.3 Å². The zero-order valence-corrected chi connectivity index (χ0v) is 15.9. The Morgan fingerprint density at radius 1 is 0.821 bits per heavy atom. The standard InChI is InChI=1S/C23H21N5/c1-28(2)19-14-12-17(13-15-19)16-24-27-23-25-21-11-7-6-10-20(21)22(26-23)18-8-4-3-5-9-18/h3-16H,1-2H3,(H,25,26,27). The Bertz CT molecular complexity index is 1100. The minimum Gasteiger partial charge on any atom is -0.378 e. The van der Waals surface area contributed by atoms with Crippen LogP contribution in [-0.2, 0) is 0 Å². The molecule has 4 rings (SSSR count). The first-order valence-electron chi connectivity index (χ1n) is 9.09. The monoisotopic (exact) mass is 367 g/mol. The fraction of sp³-hybridized carbons (Fsp3) is 0.0870. The highest BCUT2D eigenvalue weighted by Gasteiger charge is 2.08. The molecule has 5 heteroatoms. The van der Waals surface area contributed by atoms with Gasteiger partial charge in [-0.15, -0.1) is 0 Å². The maximum absolute atomic E-state index is 4.70. The van der Waals surface area contributed by atoms with Crippen LogP contribution in [0.25, 0.3) is 22.2 Å². The van der Waals surface area contributed by atoms with Gasteiger partial charge in [-0.2, -0.15) is 5.10 Å². The van der Waals surface area contributed by atoms with Gasteiger partial charge in [0.15, 0.2) is 0 Å². The van der Waals surface area contributed by atoms with E-state index in [2.05, 4.69) is 32.5 Å². The summed E-state index contributed by atoms with van der Waals surface area (Å²) in [5.74, 6) is 0.471. The average Bonchev–Trinajstić information content (AvgIpc) is 2.74. The van der Waals surface area contributed by atoms with Gasteiger partial charge >= 0.3 is 0 Å². The van der Waals surface area contributed by atoms with Crippen molar-refractivity contribution in [1.82, 2.24) is 9.97 Å². The van der Waals surface area contributed by atoms with Crippen LogP contribution in [0.15, 0.2) is 84.0 Å². The van der Waals surface area contributed by atoms with Crippen molar-refractivity contribution in [3.05, 3.63) is 84.4 Å². The first-order chi connectivity index (χ1) is 13.7. The van der Waals surface area contributed by atoms with E-state index < -0.39 is 0 Å². The lowest BCUT2D eigenvalue weighted by Gasteiger charge is -2.11. The van der Waals surface area contributed by atoms with E-state index >= 15 is 0 Å². The molecular formula is C23H21N5. The van der Waals surface area contributed by atoms with E-state index in [0.29, 0.717) is 5.95 Å². The molecule has 0 unspecified atom stereocenters. The molecule has 3 aromatic carbocycles. The molecule has 1 aromatic heterocycles. The summed E-state index contributed by atoms with van der Waals surface area (Å²) in [6, 6.07) is 26.3. The number of para-hydroxylation sites is 1. The van der Waals surface area contributed by atoms with Gasteiger partial charge in [-0.3, -0.25) is 0 Å². The van der Waals surface area contributed by atoms with Crippen molar-refractivity contribution in [2.24, 2.45) is 5.10 Å². The van der Waals surface area contributed by atoms with Gasteiger partial charge in [0.05, 0.1) is 17.4 Å². The van der Waals surface area contributed by atoms with Crippen molar-refractivity contribution in [3.63, 3.8) is 0 Å². The van der Waals surface area contributed by atoms with Crippen molar-refractivity contribution in [1.29, 1.82) is 0 Å². The number of anilines is 2. The third-order valence-corrected chi connectivity index (χ3v) is 4.44. The van der Waals surface area contributed by atoms with Crippen molar-refractivity contribution in [2.45, 2.75) is 0 Å². The largest absolute Gasteiger partial charge is 0.378 e. The Labute approximate surface area is 164 Å². The number of nitrogens with one attached hydrogen (secondary N) is 1. The summed E-state index contributed by atoms with van der Waals surface area (Å²) in [6.07, 6.45) is 1.76. The predicted molar refractivity (Wildman–Crippen MR) is 117 cm³/mol. The maximum Gasteiger partial charge on any atom is 0.244 e. The molecule has 0 saturated carbocycles. The summed E-state index contributed by atoms with van der Waals surface area (Å²) < 4.78 is 0. The number of hydrazone groups is 1. The second kappa shape index (κ2) is 7.88. The lowest BCUT2D eigenvalue weighted by atomic mass is 10.1. The van der Waals surface area contributed by atoms with Crippen LogP contribution < -0.4 is 10.3 Å². The summed E-state index contributed by atoms with van der Waals surface area (Å²) >= 11 is 0. The zero-order valence-electron chi connectivity index (χ0n) is 15.9. The zero-order chi connectivity index (χ0) is 19.3. The molecular weight excluding hydrogens is 346 g/mol.